The van der Waals surface area contributed by atoms with Crippen LogP contribution in [0.3, 0.4) is 0 Å². The van der Waals surface area contributed by atoms with E-state index >= 15 is 0 Å². The summed E-state index contributed by atoms with van der Waals surface area (Å²) in [6.07, 6.45) is 2.45. The second-order valence-electron chi connectivity index (χ2n) is 6.65. The molecule has 0 aliphatic heterocycles. The summed E-state index contributed by atoms with van der Waals surface area (Å²) >= 11 is 0. The molecular formula is C17H26FNO3S. The van der Waals surface area contributed by atoms with Crippen LogP contribution in [0.25, 0.3) is 0 Å². The van der Waals surface area contributed by atoms with Crippen molar-refractivity contribution in [3.05, 3.63) is 42.2 Å². The Morgan fingerprint density at radius 2 is 2.04 bits per heavy atom. The van der Waals surface area contributed by atoms with Crippen LogP contribution in [0.5, 0.6) is 5.75 Å². The largest absolute Gasteiger partial charge is 0.490 e. The van der Waals surface area contributed by atoms with E-state index in [1.165, 1.54) is 6.07 Å². The fourth-order valence-corrected chi connectivity index (χ4v) is 2.80. The van der Waals surface area contributed by atoms with Gasteiger partial charge in [-0.05, 0) is 36.0 Å². The lowest BCUT2D eigenvalue weighted by atomic mass is 9.99. The van der Waals surface area contributed by atoms with E-state index in [4.69, 9.17) is 4.74 Å². The molecule has 0 aromatic heterocycles. The van der Waals surface area contributed by atoms with Crippen LogP contribution in [0, 0.1) is 11.2 Å². The molecule has 0 unspecified atom stereocenters. The molecule has 0 radical (unpaired) electrons. The molecular weight excluding hydrogens is 317 g/mol. The highest BCUT2D eigenvalue weighted by Gasteiger charge is 2.14. The van der Waals surface area contributed by atoms with Crippen LogP contribution in [0.2, 0.25) is 0 Å². The molecule has 23 heavy (non-hydrogen) atoms. The third kappa shape index (κ3) is 8.13. The first-order chi connectivity index (χ1) is 10.6. The molecule has 0 heterocycles. The fourth-order valence-electron chi connectivity index (χ4n) is 1.77. The van der Waals surface area contributed by atoms with Crippen molar-refractivity contribution in [3.63, 3.8) is 0 Å². The van der Waals surface area contributed by atoms with E-state index in [1.54, 1.807) is 18.2 Å². The van der Waals surface area contributed by atoms with E-state index in [0.29, 0.717) is 19.4 Å². The molecule has 4 nitrogen and oxygen atoms in total. The first-order valence-electron chi connectivity index (χ1n) is 7.62. The Hall–Kier alpha value is -1.40. The third-order valence-electron chi connectivity index (χ3n) is 2.98. The number of hydrogen-bond donors (Lipinski definition) is 1. The number of hydrogen-bond acceptors (Lipinski definition) is 3. The van der Waals surface area contributed by atoms with E-state index < -0.39 is 15.8 Å². The molecule has 1 rings (SSSR count). The van der Waals surface area contributed by atoms with E-state index in [-0.39, 0.29) is 23.5 Å². The number of rotatable bonds is 9. The lowest BCUT2D eigenvalue weighted by Crippen LogP contribution is -2.28. The summed E-state index contributed by atoms with van der Waals surface area (Å²) in [5.74, 6) is -0.184. The summed E-state index contributed by atoms with van der Waals surface area (Å²) < 4.78 is 45.1. The van der Waals surface area contributed by atoms with Gasteiger partial charge in [0.15, 0.2) is 11.6 Å². The molecule has 0 atom stereocenters. The molecule has 0 saturated carbocycles. The van der Waals surface area contributed by atoms with Crippen molar-refractivity contribution in [2.24, 2.45) is 5.41 Å². The normalized spacial score (nSPS) is 12.2. The summed E-state index contributed by atoms with van der Waals surface area (Å²) in [6, 6.07) is 4.61. The molecule has 0 fully saturated rings. The minimum atomic E-state index is -3.29. The Morgan fingerprint density at radius 3 is 2.65 bits per heavy atom. The van der Waals surface area contributed by atoms with Gasteiger partial charge in [-0.2, -0.15) is 0 Å². The summed E-state index contributed by atoms with van der Waals surface area (Å²) in [6.45, 7) is 10.2. The standard InChI is InChI=1S/C17H26FNO3S/c1-5-6-11-23(20,21)19-10-9-14-7-8-15(18)16(12-14)22-13-17(2,3)4/h5,7-8,12,19H,1,6,9-11,13H2,2-4H3. The Balaban J connectivity index is 2.59. The lowest BCUT2D eigenvalue weighted by molar-refractivity contribution is 0.191. The molecule has 6 heteroatoms. The van der Waals surface area contributed by atoms with Gasteiger partial charge in [0.2, 0.25) is 10.0 Å². The zero-order chi connectivity index (χ0) is 17.5. The first-order valence-corrected chi connectivity index (χ1v) is 9.28. The van der Waals surface area contributed by atoms with Crippen LogP contribution in [-0.2, 0) is 16.4 Å². The average molecular weight is 343 g/mol. The van der Waals surface area contributed by atoms with Gasteiger partial charge in [-0.25, -0.2) is 17.5 Å². The minimum absolute atomic E-state index is 0.0276. The summed E-state index contributed by atoms with van der Waals surface area (Å²) in [4.78, 5) is 0. The van der Waals surface area contributed by atoms with E-state index in [0.717, 1.165) is 5.56 Å². The summed E-state index contributed by atoms with van der Waals surface area (Å²) in [5.41, 5.74) is 0.755. The van der Waals surface area contributed by atoms with Crippen molar-refractivity contribution < 1.29 is 17.5 Å². The highest BCUT2D eigenvalue weighted by atomic mass is 32.2. The number of ether oxygens (including phenoxy) is 1. The van der Waals surface area contributed by atoms with Gasteiger partial charge >= 0.3 is 0 Å². The second-order valence-corrected chi connectivity index (χ2v) is 8.58. The van der Waals surface area contributed by atoms with Gasteiger partial charge in [0.1, 0.15) is 0 Å². The van der Waals surface area contributed by atoms with E-state index in [9.17, 15) is 12.8 Å². The van der Waals surface area contributed by atoms with Gasteiger partial charge in [-0.3, -0.25) is 0 Å². The predicted molar refractivity (Wildman–Crippen MR) is 91.7 cm³/mol. The topological polar surface area (TPSA) is 55.4 Å². The maximum Gasteiger partial charge on any atom is 0.211 e. The van der Waals surface area contributed by atoms with Crippen LogP contribution >= 0.6 is 0 Å². The number of benzene rings is 1. The van der Waals surface area contributed by atoms with E-state index in [2.05, 4.69) is 11.3 Å². The van der Waals surface area contributed by atoms with Crippen LogP contribution in [0.1, 0.15) is 32.8 Å². The Bertz CT molecular complexity index is 621. The smallest absolute Gasteiger partial charge is 0.211 e. The Morgan fingerprint density at radius 1 is 1.35 bits per heavy atom. The van der Waals surface area contributed by atoms with Crippen LogP contribution in [0.4, 0.5) is 4.39 Å². The first kappa shape index (κ1) is 19.6. The van der Waals surface area contributed by atoms with Gasteiger partial charge in [0.05, 0.1) is 12.4 Å². The molecule has 0 bridgehead atoms. The van der Waals surface area contributed by atoms with Crippen molar-refractivity contribution in [3.8, 4) is 5.75 Å². The molecule has 0 aliphatic carbocycles. The van der Waals surface area contributed by atoms with Gasteiger partial charge in [0.25, 0.3) is 0 Å². The molecule has 0 spiro atoms. The SMILES string of the molecule is C=CCCS(=O)(=O)NCCc1ccc(F)c(OCC(C)(C)C)c1. The highest BCUT2D eigenvalue weighted by Crippen LogP contribution is 2.22. The van der Waals surface area contributed by atoms with Gasteiger partial charge in [-0.1, -0.05) is 32.9 Å². The fraction of sp³-hybridized carbons (Fsp3) is 0.529. The molecule has 0 saturated heterocycles. The van der Waals surface area contributed by atoms with Crippen molar-refractivity contribution in [2.45, 2.75) is 33.6 Å². The maximum absolute atomic E-state index is 13.7. The highest BCUT2D eigenvalue weighted by molar-refractivity contribution is 7.89. The Kier molecular flexibility index (Phi) is 7.22. The van der Waals surface area contributed by atoms with Gasteiger partial charge in [0, 0.05) is 6.54 Å². The van der Waals surface area contributed by atoms with Crippen LogP contribution in [0.15, 0.2) is 30.9 Å². The summed E-state index contributed by atoms with van der Waals surface area (Å²) in [7, 11) is -3.29. The van der Waals surface area contributed by atoms with Crippen molar-refractivity contribution in [1.82, 2.24) is 4.72 Å². The summed E-state index contributed by atoms with van der Waals surface area (Å²) in [5, 5.41) is 0. The van der Waals surface area contributed by atoms with Crippen molar-refractivity contribution >= 4 is 10.0 Å². The molecule has 0 aliphatic rings. The Labute approximate surface area is 138 Å². The van der Waals surface area contributed by atoms with Crippen LogP contribution in [-0.4, -0.2) is 27.3 Å². The minimum Gasteiger partial charge on any atom is -0.490 e. The van der Waals surface area contributed by atoms with Gasteiger partial charge < -0.3 is 4.74 Å². The molecule has 0 amide bonds. The molecule has 1 aromatic carbocycles. The quantitative estimate of drug-likeness (QED) is 0.700. The van der Waals surface area contributed by atoms with Crippen molar-refractivity contribution in [2.75, 3.05) is 18.9 Å². The second kappa shape index (κ2) is 8.45. The molecule has 1 aromatic rings. The molecule has 1 N–H and O–H groups in total. The van der Waals surface area contributed by atoms with Crippen LogP contribution < -0.4 is 9.46 Å². The molecule has 130 valence electrons. The lowest BCUT2D eigenvalue weighted by Gasteiger charge is -2.19. The maximum atomic E-state index is 13.7. The number of nitrogens with one attached hydrogen (secondary N) is 1. The third-order valence-corrected chi connectivity index (χ3v) is 4.40. The van der Waals surface area contributed by atoms with E-state index in [1.807, 2.05) is 20.8 Å². The average Bonchev–Trinajstić information content (AvgIpc) is 2.44. The van der Waals surface area contributed by atoms with Gasteiger partial charge in [-0.15, -0.1) is 6.58 Å². The number of halogens is 1. The zero-order valence-electron chi connectivity index (χ0n) is 14.1. The zero-order valence-corrected chi connectivity index (χ0v) is 14.9. The predicted octanol–water partition coefficient (Wildman–Crippen LogP) is 3.29. The monoisotopic (exact) mass is 343 g/mol. The van der Waals surface area contributed by atoms with Crippen molar-refractivity contribution in [1.29, 1.82) is 0 Å². The number of allylic oxidation sites excluding steroid dienone is 1. The number of sulfonamides is 1.